The van der Waals surface area contributed by atoms with E-state index >= 15 is 0 Å². The predicted molar refractivity (Wildman–Crippen MR) is 109 cm³/mol. The Bertz CT molecular complexity index is 744. The SMILES string of the molecule is NC(Cc1cc(F)cc(F)c1)C(O)CNC1(c2cc(Br)cs2)CCCCC1. The van der Waals surface area contributed by atoms with E-state index in [1.807, 2.05) is 0 Å². The van der Waals surface area contributed by atoms with E-state index in [-0.39, 0.29) is 12.0 Å². The zero-order chi connectivity index (χ0) is 19.4. The Balaban J connectivity index is 1.64. The van der Waals surface area contributed by atoms with Gasteiger partial charge in [0, 0.05) is 33.4 Å². The molecule has 1 saturated carbocycles. The average Bonchev–Trinajstić information content (AvgIpc) is 3.06. The van der Waals surface area contributed by atoms with Gasteiger partial charge in [-0.1, -0.05) is 19.3 Å². The molecule has 3 rings (SSSR count). The summed E-state index contributed by atoms with van der Waals surface area (Å²) in [5.41, 5.74) is 6.43. The predicted octanol–water partition coefficient (Wildman–Crippen LogP) is 4.47. The minimum Gasteiger partial charge on any atom is -0.390 e. The number of halogens is 3. The summed E-state index contributed by atoms with van der Waals surface area (Å²) in [5, 5.41) is 16.2. The standard InChI is InChI=1S/C20H25BrF2N2OS/c21-14-9-19(27-12-14)20(4-2-1-3-5-20)25-11-18(26)17(24)8-13-6-15(22)10-16(23)7-13/h6-7,9-10,12,17-18,25-26H,1-5,8,11,24H2. The van der Waals surface area contributed by atoms with Gasteiger partial charge in [0.15, 0.2) is 0 Å². The van der Waals surface area contributed by atoms with Crippen LogP contribution in [0.1, 0.15) is 42.5 Å². The lowest BCUT2D eigenvalue weighted by Crippen LogP contribution is -2.50. The summed E-state index contributed by atoms with van der Waals surface area (Å²) in [6.07, 6.45) is 4.98. The van der Waals surface area contributed by atoms with Gasteiger partial charge in [0.1, 0.15) is 11.6 Å². The molecule has 1 aliphatic rings. The molecule has 2 aromatic rings. The van der Waals surface area contributed by atoms with Crippen LogP contribution in [-0.4, -0.2) is 23.8 Å². The molecule has 0 radical (unpaired) electrons. The van der Waals surface area contributed by atoms with Crippen molar-refractivity contribution in [3.8, 4) is 0 Å². The van der Waals surface area contributed by atoms with Crippen LogP contribution in [0.5, 0.6) is 0 Å². The zero-order valence-electron chi connectivity index (χ0n) is 15.1. The number of rotatable bonds is 7. The van der Waals surface area contributed by atoms with Gasteiger partial charge in [-0.3, -0.25) is 0 Å². The smallest absolute Gasteiger partial charge is 0.126 e. The van der Waals surface area contributed by atoms with Gasteiger partial charge in [-0.2, -0.15) is 0 Å². The van der Waals surface area contributed by atoms with Crippen LogP contribution in [0.15, 0.2) is 34.1 Å². The molecule has 2 unspecified atom stereocenters. The summed E-state index contributed by atoms with van der Waals surface area (Å²) in [4.78, 5) is 1.27. The molecule has 0 amide bonds. The van der Waals surface area contributed by atoms with E-state index in [1.54, 1.807) is 11.3 Å². The van der Waals surface area contributed by atoms with Crippen molar-refractivity contribution in [2.75, 3.05) is 6.54 Å². The Morgan fingerprint density at radius 2 is 1.81 bits per heavy atom. The Morgan fingerprint density at radius 1 is 1.15 bits per heavy atom. The monoisotopic (exact) mass is 458 g/mol. The zero-order valence-corrected chi connectivity index (χ0v) is 17.5. The summed E-state index contributed by atoms with van der Waals surface area (Å²) in [5.74, 6) is -1.26. The van der Waals surface area contributed by atoms with Gasteiger partial charge in [-0.25, -0.2) is 8.78 Å². The topological polar surface area (TPSA) is 58.3 Å². The first kappa shape index (κ1) is 20.9. The van der Waals surface area contributed by atoms with Crippen molar-refractivity contribution in [1.29, 1.82) is 0 Å². The van der Waals surface area contributed by atoms with Crippen molar-refractivity contribution >= 4 is 27.3 Å². The largest absolute Gasteiger partial charge is 0.390 e. The Kier molecular flexibility index (Phi) is 7.03. The third-order valence-corrected chi connectivity index (χ3v) is 7.18. The van der Waals surface area contributed by atoms with Gasteiger partial charge in [-0.05, 0) is 59.0 Å². The quantitative estimate of drug-likeness (QED) is 0.573. The van der Waals surface area contributed by atoms with Gasteiger partial charge < -0.3 is 16.2 Å². The number of hydrogen-bond donors (Lipinski definition) is 3. The second-order valence-corrected chi connectivity index (χ2v) is 9.19. The molecular weight excluding hydrogens is 434 g/mol. The van der Waals surface area contributed by atoms with Gasteiger partial charge in [0.05, 0.1) is 11.6 Å². The van der Waals surface area contributed by atoms with Gasteiger partial charge in [0.25, 0.3) is 0 Å². The Labute approximate surface area is 171 Å². The van der Waals surface area contributed by atoms with Crippen LogP contribution in [0.25, 0.3) is 0 Å². The van der Waals surface area contributed by atoms with Crippen molar-refractivity contribution in [1.82, 2.24) is 5.32 Å². The van der Waals surface area contributed by atoms with Gasteiger partial charge in [0.2, 0.25) is 0 Å². The summed E-state index contributed by atoms with van der Waals surface area (Å²) in [7, 11) is 0. The first-order valence-corrected chi connectivity index (χ1v) is 10.9. The molecule has 0 bridgehead atoms. The van der Waals surface area contributed by atoms with Crippen LogP contribution in [0.2, 0.25) is 0 Å². The van der Waals surface area contributed by atoms with Crippen molar-refractivity contribution in [2.24, 2.45) is 5.73 Å². The first-order valence-electron chi connectivity index (χ1n) is 9.26. The van der Waals surface area contributed by atoms with E-state index in [1.165, 1.54) is 23.4 Å². The number of thiophene rings is 1. The molecule has 27 heavy (non-hydrogen) atoms. The summed E-state index contributed by atoms with van der Waals surface area (Å²) in [6.45, 7) is 0.342. The normalized spacial score (nSPS) is 19.0. The van der Waals surface area contributed by atoms with E-state index in [9.17, 15) is 13.9 Å². The molecule has 1 fully saturated rings. The van der Waals surface area contributed by atoms with Gasteiger partial charge >= 0.3 is 0 Å². The lowest BCUT2D eigenvalue weighted by Gasteiger charge is -2.39. The maximum Gasteiger partial charge on any atom is 0.126 e. The number of nitrogens with one attached hydrogen (secondary N) is 1. The summed E-state index contributed by atoms with van der Waals surface area (Å²) >= 11 is 5.24. The summed E-state index contributed by atoms with van der Waals surface area (Å²) < 4.78 is 27.8. The fourth-order valence-corrected chi connectivity index (χ4v) is 5.48. The van der Waals surface area contributed by atoms with Crippen LogP contribution in [0.3, 0.4) is 0 Å². The average molecular weight is 459 g/mol. The number of aliphatic hydroxyl groups is 1. The molecule has 4 N–H and O–H groups in total. The minimum atomic E-state index is -0.807. The second-order valence-electron chi connectivity index (χ2n) is 7.37. The first-order chi connectivity index (χ1) is 12.9. The highest BCUT2D eigenvalue weighted by atomic mass is 79.9. The molecule has 148 valence electrons. The molecule has 3 nitrogen and oxygen atoms in total. The number of hydrogen-bond acceptors (Lipinski definition) is 4. The van der Waals surface area contributed by atoms with E-state index < -0.39 is 23.8 Å². The molecule has 0 saturated heterocycles. The molecule has 2 atom stereocenters. The Hall–Kier alpha value is -0.860. The maximum atomic E-state index is 13.4. The second kappa shape index (κ2) is 9.09. The molecular formula is C20H25BrF2N2OS. The molecule has 1 heterocycles. The molecule has 1 aliphatic carbocycles. The highest BCUT2D eigenvalue weighted by Crippen LogP contribution is 2.41. The van der Waals surface area contributed by atoms with Crippen molar-refractivity contribution in [3.05, 3.63) is 56.2 Å². The van der Waals surface area contributed by atoms with Crippen LogP contribution < -0.4 is 11.1 Å². The molecule has 0 spiro atoms. The molecule has 7 heteroatoms. The number of benzene rings is 1. The highest BCUT2D eigenvalue weighted by molar-refractivity contribution is 9.10. The molecule has 0 aliphatic heterocycles. The third kappa shape index (κ3) is 5.35. The molecule has 1 aromatic carbocycles. The lowest BCUT2D eigenvalue weighted by atomic mass is 9.80. The van der Waals surface area contributed by atoms with Crippen molar-refractivity contribution < 1.29 is 13.9 Å². The highest BCUT2D eigenvalue weighted by Gasteiger charge is 2.35. The fraction of sp³-hybridized carbons (Fsp3) is 0.500. The van der Waals surface area contributed by atoms with E-state index in [2.05, 4.69) is 32.7 Å². The molecule has 1 aromatic heterocycles. The van der Waals surface area contributed by atoms with Crippen LogP contribution in [0.4, 0.5) is 8.78 Å². The van der Waals surface area contributed by atoms with E-state index in [4.69, 9.17) is 5.73 Å². The lowest BCUT2D eigenvalue weighted by molar-refractivity contribution is 0.117. The van der Waals surface area contributed by atoms with E-state index in [0.29, 0.717) is 12.1 Å². The number of nitrogens with two attached hydrogens (primary N) is 1. The fourth-order valence-electron chi connectivity index (χ4n) is 3.82. The van der Waals surface area contributed by atoms with Crippen molar-refractivity contribution in [2.45, 2.75) is 56.2 Å². The Morgan fingerprint density at radius 3 is 2.41 bits per heavy atom. The maximum absolute atomic E-state index is 13.4. The summed E-state index contributed by atoms with van der Waals surface area (Å²) in [6, 6.07) is 4.89. The van der Waals surface area contributed by atoms with Crippen LogP contribution >= 0.6 is 27.3 Å². The number of aliphatic hydroxyl groups excluding tert-OH is 1. The van der Waals surface area contributed by atoms with E-state index in [0.717, 1.165) is 36.2 Å². The third-order valence-electron chi connectivity index (χ3n) is 5.28. The van der Waals surface area contributed by atoms with Crippen molar-refractivity contribution in [3.63, 3.8) is 0 Å². The van der Waals surface area contributed by atoms with Gasteiger partial charge in [-0.15, -0.1) is 11.3 Å². The van der Waals surface area contributed by atoms with Crippen LogP contribution in [-0.2, 0) is 12.0 Å². The van der Waals surface area contributed by atoms with Crippen LogP contribution in [0, 0.1) is 11.6 Å². The minimum absolute atomic E-state index is 0.138.